The van der Waals surface area contributed by atoms with Crippen LogP contribution in [0.5, 0.6) is 0 Å². The first-order chi connectivity index (χ1) is 14.3. The van der Waals surface area contributed by atoms with Crippen LogP contribution in [0.4, 0.5) is 0 Å². The van der Waals surface area contributed by atoms with Gasteiger partial charge in [-0.25, -0.2) is 0 Å². The summed E-state index contributed by atoms with van der Waals surface area (Å²) < 4.78 is 6.33. The average Bonchev–Trinajstić information content (AvgIpc) is 3.05. The van der Waals surface area contributed by atoms with Gasteiger partial charge in [0.1, 0.15) is 0 Å². The molecule has 0 aromatic heterocycles. The summed E-state index contributed by atoms with van der Waals surface area (Å²) in [7, 11) is 0. The maximum absolute atomic E-state index is 10.6. The highest BCUT2D eigenvalue weighted by atomic mass is 35.5. The van der Waals surface area contributed by atoms with Crippen LogP contribution < -0.4 is 0 Å². The summed E-state index contributed by atoms with van der Waals surface area (Å²) >= 11 is 5.98. The van der Waals surface area contributed by atoms with Gasteiger partial charge in [0.05, 0.1) is 12.2 Å². The fourth-order valence-corrected chi connectivity index (χ4v) is 6.22. The molecule has 2 saturated carbocycles. The fraction of sp³-hybridized carbons (Fsp3) is 0.760. The Kier molecular flexibility index (Phi) is 6.82. The number of aliphatic hydroxyl groups is 1. The molecular weight excluding hydrogens is 396 g/mol. The standard InChI is InChI=1S/C25H39ClN2O2/c1-24(2)20-8-10-25(24,3)23(16-20)30-15-9-22(29)18-28-13-11-27(12-14-28)17-19-4-6-21(26)7-5-19/h4-7,20,22-23,29H,8-18H2,1-3H3/t20-,22+,23+,25-/m0/s1. The second kappa shape index (κ2) is 9.07. The van der Waals surface area contributed by atoms with Crippen LogP contribution in [-0.4, -0.2) is 66.4 Å². The van der Waals surface area contributed by atoms with E-state index in [4.69, 9.17) is 16.3 Å². The molecule has 3 aliphatic rings. The average molecular weight is 435 g/mol. The van der Waals surface area contributed by atoms with Crippen LogP contribution in [-0.2, 0) is 11.3 Å². The molecule has 2 aliphatic carbocycles. The van der Waals surface area contributed by atoms with E-state index >= 15 is 0 Å². The second-order valence-corrected chi connectivity index (χ2v) is 11.1. The van der Waals surface area contributed by atoms with Gasteiger partial charge >= 0.3 is 0 Å². The normalized spacial score (nSPS) is 32.6. The van der Waals surface area contributed by atoms with Crippen molar-refractivity contribution < 1.29 is 9.84 Å². The molecule has 4 atom stereocenters. The molecule has 1 aliphatic heterocycles. The van der Waals surface area contributed by atoms with Gasteiger partial charge in [0.15, 0.2) is 0 Å². The van der Waals surface area contributed by atoms with Crippen molar-refractivity contribution in [2.75, 3.05) is 39.3 Å². The Morgan fingerprint density at radius 1 is 1.10 bits per heavy atom. The third kappa shape index (κ3) is 4.59. The third-order valence-electron chi connectivity index (χ3n) is 8.74. The molecule has 4 rings (SSSR count). The summed E-state index contributed by atoms with van der Waals surface area (Å²) in [6, 6.07) is 8.14. The first-order valence-electron chi connectivity index (χ1n) is 11.8. The van der Waals surface area contributed by atoms with Crippen LogP contribution in [0.2, 0.25) is 5.02 Å². The molecule has 1 aromatic rings. The zero-order chi connectivity index (χ0) is 21.4. The van der Waals surface area contributed by atoms with Crippen molar-refractivity contribution in [2.24, 2.45) is 16.7 Å². The number of hydrogen-bond acceptors (Lipinski definition) is 4. The highest BCUT2D eigenvalue weighted by molar-refractivity contribution is 6.30. The monoisotopic (exact) mass is 434 g/mol. The number of hydrogen-bond donors (Lipinski definition) is 1. The molecule has 0 unspecified atom stereocenters. The van der Waals surface area contributed by atoms with E-state index in [1.807, 2.05) is 12.1 Å². The molecule has 0 radical (unpaired) electrons. The lowest BCUT2D eigenvalue weighted by atomic mass is 9.70. The predicted octanol–water partition coefficient (Wildman–Crippen LogP) is 4.44. The molecule has 0 amide bonds. The Balaban J connectivity index is 1.14. The molecule has 3 fully saturated rings. The molecule has 1 N–H and O–H groups in total. The molecule has 0 spiro atoms. The third-order valence-corrected chi connectivity index (χ3v) is 8.99. The van der Waals surface area contributed by atoms with Gasteiger partial charge in [0, 0.05) is 50.9 Å². The molecule has 5 heteroatoms. The quantitative estimate of drug-likeness (QED) is 0.656. The molecule has 30 heavy (non-hydrogen) atoms. The van der Waals surface area contributed by atoms with E-state index in [2.05, 4.69) is 42.7 Å². The Bertz CT molecular complexity index is 702. The van der Waals surface area contributed by atoms with Gasteiger partial charge in [-0.15, -0.1) is 0 Å². The topological polar surface area (TPSA) is 35.9 Å². The highest BCUT2D eigenvalue weighted by Crippen LogP contribution is 2.66. The van der Waals surface area contributed by atoms with Crippen molar-refractivity contribution in [3.63, 3.8) is 0 Å². The first-order valence-corrected chi connectivity index (χ1v) is 12.1. The van der Waals surface area contributed by atoms with Crippen molar-refractivity contribution in [1.82, 2.24) is 9.80 Å². The molecule has 1 heterocycles. The number of rotatable bonds is 8. The lowest BCUT2D eigenvalue weighted by Crippen LogP contribution is -2.48. The van der Waals surface area contributed by atoms with Gasteiger partial charge in [-0.2, -0.15) is 0 Å². The number of β-amino-alcohol motifs (C(OH)–C–C–N with tert-alkyl or cyclic N) is 1. The summed E-state index contributed by atoms with van der Waals surface area (Å²) in [5.41, 5.74) is 2.01. The summed E-state index contributed by atoms with van der Waals surface area (Å²) in [5, 5.41) is 11.3. The van der Waals surface area contributed by atoms with E-state index < -0.39 is 0 Å². The number of nitrogens with zero attached hydrogens (tertiary/aromatic N) is 2. The number of piperazine rings is 1. The lowest BCUT2D eigenvalue weighted by molar-refractivity contribution is -0.0570. The lowest BCUT2D eigenvalue weighted by Gasteiger charge is -2.39. The number of benzene rings is 1. The Labute approximate surface area is 187 Å². The van der Waals surface area contributed by atoms with Gasteiger partial charge in [-0.05, 0) is 60.1 Å². The smallest absolute Gasteiger partial charge is 0.0689 e. The van der Waals surface area contributed by atoms with E-state index in [1.54, 1.807) is 0 Å². The maximum Gasteiger partial charge on any atom is 0.0689 e. The first kappa shape index (κ1) is 22.5. The fourth-order valence-electron chi connectivity index (χ4n) is 6.10. The zero-order valence-electron chi connectivity index (χ0n) is 18.9. The summed E-state index contributed by atoms with van der Waals surface area (Å²) in [4.78, 5) is 4.87. The van der Waals surface area contributed by atoms with Gasteiger partial charge in [-0.1, -0.05) is 44.5 Å². The zero-order valence-corrected chi connectivity index (χ0v) is 19.7. The Hall–Kier alpha value is -0.650. The van der Waals surface area contributed by atoms with Gasteiger partial charge < -0.3 is 9.84 Å². The van der Waals surface area contributed by atoms with Gasteiger partial charge in [0.25, 0.3) is 0 Å². The molecule has 1 saturated heterocycles. The molecule has 4 nitrogen and oxygen atoms in total. The maximum atomic E-state index is 10.6. The van der Waals surface area contributed by atoms with Crippen LogP contribution in [0.15, 0.2) is 24.3 Å². The Morgan fingerprint density at radius 2 is 1.77 bits per heavy atom. The van der Waals surface area contributed by atoms with Crippen LogP contribution in [0.1, 0.15) is 52.0 Å². The SMILES string of the molecule is CC1(C)[C@H]2CC[C@@]1(C)[C@H](OCC[C@@H](O)CN1CCN(Cc3ccc(Cl)cc3)CC1)C2. The minimum atomic E-state index is -0.299. The second-order valence-electron chi connectivity index (χ2n) is 10.6. The van der Waals surface area contributed by atoms with Crippen LogP contribution in [0.25, 0.3) is 0 Å². The molecular formula is C25H39ClN2O2. The number of aliphatic hydroxyl groups excluding tert-OH is 1. The predicted molar refractivity (Wildman–Crippen MR) is 123 cm³/mol. The highest BCUT2D eigenvalue weighted by Gasteiger charge is 2.61. The summed E-state index contributed by atoms with van der Waals surface area (Å²) in [6.45, 7) is 13.8. The minimum absolute atomic E-state index is 0.299. The van der Waals surface area contributed by atoms with E-state index in [-0.39, 0.29) is 6.10 Å². The summed E-state index contributed by atoms with van der Waals surface area (Å²) in [6.07, 6.45) is 4.66. The number of halogens is 1. The van der Waals surface area contributed by atoms with Crippen molar-refractivity contribution in [3.8, 4) is 0 Å². The van der Waals surface area contributed by atoms with E-state index in [9.17, 15) is 5.11 Å². The largest absolute Gasteiger partial charge is 0.392 e. The number of ether oxygens (including phenoxy) is 1. The number of fused-ring (bicyclic) bond motifs is 2. The van der Waals surface area contributed by atoms with Crippen molar-refractivity contribution in [2.45, 2.75) is 65.2 Å². The van der Waals surface area contributed by atoms with Crippen molar-refractivity contribution in [1.29, 1.82) is 0 Å². The van der Waals surface area contributed by atoms with Crippen LogP contribution in [0, 0.1) is 16.7 Å². The molecule has 1 aromatic carbocycles. The minimum Gasteiger partial charge on any atom is -0.392 e. The van der Waals surface area contributed by atoms with Gasteiger partial charge in [-0.3, -0.25) is 9.80 Å². The molecule has 2 bridgehead atoms. The van der Waals surface area contributed by atoms with Crippen LogP contribution >= 0.6 is 11.6 Å². The summed E-state index contributed by atoms with van der Waals surface area (Å²) in [5.74, 6) is 0.807. The van der Waals surface area contributed by atoms with Crippen LogP contribution in [0.3, 0.4) is 0 Å². The van der Waals surface area contributed by atoms with E-state index in [0.29, 0.717) is 23.5 Å². The van der Waals surface area contributed by atoms with E-state index in [1.165, 1.54) is 24.8 Å². The molecule has 168 valence electrons. The van der Waals surface area contributed by atoms with Crippen molar-refractivity contribution in [3.05, 3.63) is 34.9 Å². The Morgan fingerprint density at radius 3 is 2.37 bits per heavy atom. The van der Waals surface area contributed by atoms with Crippen molar-refractivity contribution >= 4 is 11.6 Å². The van der Waals surface area contributed by atoms with E-state index in [0.717, 1.165) is 56.6 Å². The van der Waals surface area contributed by atoms with Gasteiger partial charge in [0.2, 0.25) is 0 Å².